The Bertz CT molecular complexity index is 169. The van der Waals surface area contributed by atoms with Crippen molar-refractivity contribution in [1.82, 2.24) is 0 Å². The van der Waals surface area contributed by atoms with Crippen molar-refractivity contribution in [3.63, 3.8) is 0 Å². The van der Waals surface area contributed by atoms with E-state index in [1.165, 1.54) is 0 Å². The van der Waals surface area contributed by atoms with Crippen molar-refractivity contribution in [2.45, 2.75) is 44.1 Å². The molecular weight excluding hydrogens is 185 g/mol. The molecule has 13 heavy (non-hydrogen) atoms. The number of aliphatic hydroxyl groups excluding tert-OH is 2. The third kappa shape index (κ3) is 2.84. The van der Waals surface area contributed by atoms with Crippen molar-refractivity contribution in [3.8, 4) is 0 Å². The van der Waals surface area contributed by atoms with Crippen molar-refractivity contribution in [2.75, 3.05) is 0 Å². The molecule has 0 aromatic carbocycles. The lowest BCUT2D eigenvalue weighted by molar-refractivity contribution is -0.209. The third-order valence-corrected chi connectivity index (χ3v) is 2.52. The monoisotopic (exact) mass is 198 g/mol. The minimum Gasteiger partial charge on any atom is -0.393 e. The molecule has 0 amide bonds. The third-order valence-electron chi connectivity index (χ3n) is 2.52. The molecule has 0 saturated heterocycles. The molecule has 0 heterocycles. The predicted octanol–water partition coefficient (Wildman–Crippen LogP) is 1.46. The Morgan fingerprint density at radius 2 is 1.92 bits per heavy atom. The maximum absolute atomic E-state index is 11.9. The molecule has 5 heteroatoms. The number of halogens is 3. The summed E-state index contributed by atoms with van der Waals surface area (Å²) in [6.45, 7) is 0. The van der Waals surface area contributed by atoms with Crippen LogP contribution in [0.1, 0.15) is 25.7 Å². The van der Waals surface area contributed by atoms with Gasteiger partial charge in [-0.1, -0.05) is 6.42 Å². The summed E-state index contributed by atoms with van der Waals surface area (Å²) in [5.74, 6) is -0.392. The van der Waals surface area contributed by atoms with E-state index in [2.05, 4.69) is 0 Å². The molecule has 2 nitrogen and oxygen atoms in total. The van der Waals surface area contributed by atoms with E-state index in [9.17, 15) is 18.3 Å². The molecule has 1 aliphatic carbocycles. The van der Waals surface area contributed by atoms with Gasteiger partial charge in [-0.3, -0.25) is 0 Å². The van der Waals surface area contributed by atoms with Gasteiger partial charge in [0.2, 0.25) is 0 Å². The second-order valence-electron chi connectivity index (χ2n) is 3.55. The van der Waals surface area contributed by atoms with Crippen LogP contribution in [0.4, 0.5) is 13.2 Å². The van der Waals surface area contributed by atoms with Gasteiger partial charge in [0, 0.05) is 0 Å². The highest BCUT2D eigenvalue weighted by Crippen LogP contribution is 2.33. The van der Waals surface area contributed by atoms with Crippen molar-refractivity contribution < 1.29 is 23.4 Å². The summed E-state index contributed by atoms with van der Waals surface area (Å²) in [6.07, 6.45) is -6.00. The largest absolute Gasteiger partial charge is 0.414 e. The van der Waals surface area contributed by atoms with Crippen LogP contribution in [-0.2, 0) is 0 Å². The van der Waals surface area contributed by atoms with Crippen molar-refractivity contribution >= 4 is 0 Å². The van der Waals surface area contributed by atoms with Crippen molar-refractivity contribution in [2.24, 2.45) is 5.92 Å². The normalized spacial score (nSPS) is 32.1. The average molecular weight is 198 g/mol. The van der Waals surface area contributed by atoms with Crippen LogP contribution in [0.15, 0.2) is 0 Å². The zero-order chi connectivity index (χ0) is 10.1. The molecule has 0 bridgehead atoms. The van der Waals surface area contributed by atoms with Gasteiger partial charge in [0.1, 0.15) is 6.10 Å². The lowest BCUT2D eigenvalue weighted by atomic mass is 9.98. The van der Waals surface area contributed by atoms with E-state index in [1.54, 1.807) is 0 Å². The minimum absolute atomic E-state index is 0.370. The van der Waals surface area contributed by atoms with Gasteiger partial charge in [-0.05, 0) is 25.2 Å². The molecule has 1 fully saturated rings. The molecule has 1 aliphatic rings. The lowest BCUT2D eigenvalue weighted by Gasteiger charge is -2.20. The summed E-state index contributed by atoms with van der Waals surface area (Å²) in [5.41, 5.74) is 0. The molecular formula is C8H13F3O2. The molecule has 1 saturated carbocycles. The Morgan fingerprint density at radius 1 is 1.31 bits per heavy atom. The Balaban J connectivity index is 2.40. The number of rotatable bonds is 2. The first-order valence-electron chi connectivity index (χ1n) is 4.34. The standard InChI is InChI=1S/C8H13F3O2/c9-8(10,11)7(13)4-5-2-1-3-6(5)12/h5-7,12-13H,1-4H2. The van der Waals surface area contributed by atoms with Crippen LogP contribution >= 0.6 is 0 Å². The molecule has 78 valence electrons. The van der Waals surface area contributed by atoms with Gasteiger partial charge in [-0.2, -0.15) is 13.2 Å². The fraction of sp³-hybridized carbons (Fsp3) is 1.00. The molecule has 3 unspecified atom stereocenters. The van der Waals surface area contributed by atoms with Gasteiger partial charge in [0.25, 0.3) is 0 Å². The zero-order valence-electron chi connectivity index (χ0n) is 7.09. The summed E-state index contributed by atoms with van der Waals surface area (Å²) >= 11 is 0. The SMILES string of the molecule is OC1CCCC1CC(O)C(F)(F)F. The number of alkyl halides is 3. The fourth-order valence-corrected chi connectivity index (χ4v) is 1.71. The van der Waals surface area contributed by atoms with Gasteiger partial charge < -0.3 is 10.2 Å². The maximum atomic E-state index is 11.9. The van der Waals surface area contributed by atoms with Crippen LogP contribution in [-0.4, -0.2) is 28.6 Å². The van der Waals surface area contributed by atoms with E-state index in [-0.39, 0.29) is 6.42 Å². The van der Waals surface area contributed by atoms with Crippen LogP contribution in [0.3, 0.4) is 0 Å². The quantitative estimate of drug-likeness (QED) is 0.705. The van der Waals surface area contributed by atoms with Crippen LogP contribution in [0.5, 0.6) is 0 Å². The molecule has 3 atom stereocenters. The molecule has 0 radical (unpaired) electrons. The summed E-state index contributed by atoms with van der Waals surface area (Å²) < 4.78 is 35.7. The van der Waals surface area contributed by atoms with E-state index < -0.39 is 24.3 Å². The Kier molecular flexibility index (Phi) is 3.18. The van der Waals surface area contributed by atoms with Crippen LogP contribution in [0, 0.1) is 5.92 Å². The molecule has 0 aromatic rings. The Hall–Kier alpha value is -0.290. The van der Waals surface area contributed by atoms with Gasteiger partial charge in [0.05, 0.1) is 6.10 Å². The predicted molar refractivity (Wildman–Crippen MR) is 40.0 cm³/mol. The summed E-state index contributed by atoms with van der Waals surface area (Å²) in [5, 5.41) is 18.0. The smallest absolute Gasteiger partial charge is 0.393 e. The second kappa shape index (κ2) is 3.84. The first kappa shape index (κ1) is 10.8. The number of aliphatic hydroxyl groups is 2. The Morgan fingerprint density at radius 3 is 2.31 bits per heavy atom. The second-order valence-corrected chi connectivity index (χ2v) is 3.55. The van der Waals surface area contributed by atoms with E-state index in [4.69, 9.17) is 5.11 Å². The highest BCUT2D eigenvalue weighted by Gasteiger charge is 2.41. The van der Waals surface area contributed by atoms with Gasteiger partial charge in [-0.15, -0.1) is 0 Å². The van der Waals surface area contributed by atoms with E-state index >= 15 is 0 Å². The van der Waals surface area contributed by atoms with Crippen LogP contribution < -0.4 is 0 Å². The highest BCUT2D eigenvalue weighted by molar-refractivity contribution is 4.80. The van der Waals surface area contributed by atoms with Gasteiger partial charge in [-0.25, -0.2) is 0 Å². The molecule has 2 N–H and O–H groups in total. The first-order chi connectivity index (χ1) is 5.91. The van der Waals surface area contributed by atoms with E-state index in [1.807, 2.05) is 0 Å². The number of hydrogen-bond acceptors (Lipinski definition) is 2. The van der Waals surface area contributed by atoms with E-state index in [0.717, 1.165) is 6.42 Å². The molecule has 0 spiro atoms. The molecule has 1 rings (SSSR count). The van der Waals surface area contributed by atoms with Crippen LogP contribution in [0.25, 0.3) is 0 Å². The molecule has 0 aliphatic heterocycles. The van der Waals surface area contributed by atoms with Crippen LogP contribution in [0.2, 0.25) is 0 Å². The minimum atomic E-state index is -4.55. The zero-order valence-corrected chi connectivity index (χ0v) is 7.09. The summed E-state index contributed by atoms with van der Waals surface area (Å²) in [4.78, 5) is 0. The van der Waals surface area contributed by atoms with E-state index in [0.29, 0.717) is 12.8 Å². The lowest BCUT2D eigenvalue weighted by Crippen LogP contribution is -2.32. The first-order valence-corrected chi connectivity index (χ1v) is 4.34. The summed E-state index contributed by atoms with van der Waals surface area (Å²) in [7, 11) is 0. The van der Waals surface area contributed by atoms with Crippen molar-refractivity contribution in [1.29, 1.82) is 0 Å². The maximum Gasteiger partial charge on any atom is 0.414 e. The van der Waals surface area contributed by atoms with Gasteiger partial charge >= 0.3 is 6.18 Å². The number of hydrogen-bond donors (Lipinski definition) is 2. The Labute approximate surface area is 74.4 Å². The highest BCUT2D eigenvalue weighted by atomic mass is 19.4. The van der Waals surface area contributed by atoms with Crippen molar-refractivity contribution in [3.05, 3.63) is 0 Å². The fourth-order valence-electron chi connectivity index (χ4n) is 1.71. The topological polar surface area (TPSA) is 40.5 Å². The average Bonchev–Trinajstić information content (AvgIpc) is 2.34. The summed E-state index contributed by atoms with van der Waals surface area (Å²) in [6, 6.07) is 0. The molecule has 0 aromatic heterocycles. The van der Waals surface area contributed by atoms with Gasteiger partial charge in [0.15, 0.2) is 0 Å².